The maximum Gasteiger partial charge on any atom is 0.0250 e. The fourth-order valence-corrected chi connectivity index (χ4v) is 3.52. The van der Waals surface area contributed by atoms with Gasteiger partial charge >= 0.3 is 0 Å². The normalized spacial score (nSPS) is 32.8. The summed E-state index contributed by atoms with van der Waals surface area (Å²) in [5, 5.41) is 3.53. The van der Waals surface area contributed by atoms with E-state index in [9.17, 15) is 0 Å². The van der Waals surface area contributed by atoms with Gasteiger partial charge in [-0.3, -0.25) is 4.90 Å². The number of hydrogen-bond donors (Lipinski definition) is 1. The highest BCUT2D eigenvalue weighted by Gasteiger charge is 2.30. The van der Waals surface area contributed by atoms with Crippen LogP contribution >= 0.6 is 0 Å². The molecule has 3 nitrogen and oxygen atoms in total. The lowest BCUT2D eigenvalue weighted by Gasteiger charge is -2.44. The predicted molar refractivity (Wildman–Crippen MR) is 73.4 cm³/mol. The minimum absolute atomic E-state index is 0.737. The van der Waals surface area contributed by atoms with Crippen LogP contribution in [0.1, 0.15) is 39.0 Å². The molecule has 2 aliphatic rings. The first kappa shape index (κ1) is 13.3. The van der Waals surface area contributed by atoms with Crippen molar-refractivity contribution in [3.05, 3.63) is 0 Å². The Morgan fingerprint density at radius 1 is 1.06 bits per heavy atom. The zero-order valence-corrected chi connectivity index (χ0v) is 11.6. The maximum absolute atomic E-state index is 3.53. The third-order valence-corrected chi connectivity index (χ3v) is 4.52. The number of likely N-dealkylation sites (N-methyl/N-ethyl adjacent to an activating group) is 1. The van der Waals surface area contributed by atoms with Crippen molar-refractivity contribution in [2.75, 3.05) is 39.8 Å². The summed E-state index contributed by atoms with van der Waals surface area (Å²) in [5.74, 6) is 0. The molecule has 0 aromatic heterocycles. The molecule has 0 amide bonds. The molecule has 0 aromatic carbocycles. The number of piperazine rings is 1. The molecule has 100 valence electrons. The van der Waals surface area contributed by atoms with Crippen molar-refractivity contribution < 1.29 is 0 Å². The first-order valence-corrected chi connectivity index (χ1v) is 7.48. The van der Waals surface area contributed by atoms with Crippen LogP contribution in [0.2, 0.25) is 0 Å². The van der Waals surface area contributed by atoms with E-state index in [0.29, 0.717) is 0 Å². The smallest absolute Gasteiger partial charge is 0.0250 e. The lowest BCUT2D eigenvalue weighted by Crippen LogP contribution is -2.57. The average Bonchev–Trinajstić information content (AvgIpc) is 2.40. The second-order valence-corrected chi connectivity index (χ2v) is 5.62. The quantitative estimate of drug-likeness (QED) is 0.803. The standard InChI is InChI=1S/C14H29N3/c1-3-8-16-9-11-17(12-10-16)14-7-5-4-6-13(14)15-2/h13-15H,3-12H2,1-2H3. The Morgan fingerprint density at radius 2 is 1.76 bits per heavy atom. The topological polar surface area (TPSA) is 18.5 Å². The summed E-state index contributed by atoms with van der Waals surface area (Å²) in [7, 11) is 2.14. The van der Waals surface area contributed by atoms with Crippen LogP contribution in [0.4, 0.5) is 0 Å². The number of hydrogen-bond acceptors (Lipinski definition) is 3. The van der Waals surface area contributed by atoms with Crippen molar-refractivity contribution in [2.24, 2.45) is 0 Å². The zero-order chi connectivity index (χ0) is 12.1. The molecule has 0 radical (unpaired) electrons. The van der Waals surface area contributed by atoms with E-state index in [1.807, 2.05) is 0 Å². The van der Waals surface area contributed by atoms with Crippen LogP contribution in [0.15, 0.2) is 0 Å². The first-order chi connectivity index (χ1) is 8.35. The Labute approximate surface area is 107 Å². The Kier molecular flexibility index (Phi) is 5.26. The minimum Gasteiger partial charge on any atom is -0.315 e. The molecule has 1 N–H and O–H groups in total. The largest absolute Gasteiger partial charge is 0.315 e. The molecule has 2 unspecified atom stereocenters. The lowest BCUT2D eigenvalue weighted by molar-refractivity contribution is 0.0632. The fourth-order valence-electron chi connectivity index (χ4n) is 3.52. The molecule has 2 rings (SSSR count). The molecule has 17 heavy (non-hydrogen) atoms. The molecule has 1 aliphatic heterocycles. The number of nitrogens with one attached hydrogen (secondary N) is 1. The van der Waals surface area contributed by atoms with Gasteiger partial charge in [0.1, 0.15) is 0 Å². The van der Waals surface area contributed by atoms with Crippen LogP contribution in [0, 0.1) is 0 Å². The Morgan fingerprint density at radius 3 is 2.41 bits per heavy atom. The van der Waals surface area contributed by atoms with Gasteiger partial charge in [0.15, 0.2) is 0 Å². The predicted octanol–water partition coefficient (Wildman–Crippen LogP) is 1.54. The fraction of sp³-hybridized carbons (Fsp3) is 1.00. The van der Waals surface area contributed by atoms with Crippen LogP contribution < -0.4 is 5.32 Å². The summed E-state index contributed by atoms with van der Waals surface area (Å²) in [4.78, 5) is 5.36. The second kappa shape index (κ2) is 6.72. The maximum atomic E-state index is 3.53. The summed E-state index contributed by atoms with van der Waals surface area (Å²) < 4.78 is 0. The highest BCUT2D eigenvalue weighted by molar-refractivity contribution is 4.89. The third-order valence-electron chi connectivity index (χ3n) is 4.52. The Balaban J connectivity index is 1.82. The summed E-state index contributed by atoms with van der Waals surface area (Å²) in [6, 6.07) is 1.54. The van der Waals surface area contributed by atoms with Gasteiger partial charge in [-0.2, -0.15) is 0 Å². The molecule has 0 aromatic rings. The van der Waals surface area contributed by atoms with E-state index >= 15 is 0 Å². The van der Waals surface area contributed by atoms with Crippen molar-refractivity contribution in [2.45, 2.75) is 51.1 Å². The van der Waals surface area contributed by atoms with Crippen molar-refractivity contribution in [3.8, 4) is 0 Å². The highest BCUT2D eigenvalue weighted by Crippen LogP contribution is 2.24. The van der Waals surface area contributed by atoms with Gasteiger partial charge in [0, 0.05) is 38.3 Å². The monoisotopic (exact) mass is 239 g/mol. The van der Waals surface area contributed by atoms with Gasteiger partial charge in [0.25, 0.3) is 0 Å². The van der Waals surface area contributed by atoms with Gasteiger partial charge in [-0.15, -0.1) is 0 Å². The van der Waals surface area contributed by atoms with Gasteiger partial charge < -0.3 is 10.2 Å². The van der Waals surface area contributed by atoms with Gasteiger partial charge in [0.2, 0.25) is 0 Å². The Hall–Kier alpha value is -0.120. The molecule has 0 bridgehead atoms. The van der Waals surface area contributed by atoms with E-state index in [2.05, 4.69) is 29.1 Å². The minimum atomic E-state index is 0.737. The summed E-state index contributed by atoms with van der Waals surface area (Å²) in [6.45, 7) is 8.69. The molecular formula is C14H29N3. The van der Waals surface area contributed by atoms with Crippen LogP contribution in [0.5, 0.6) is 0 Å². The molecule has 0 spiro atoms. The van der Waals surface area contributed by atoms with E-state index in [0.717, 1.165) is 12.1 Å². The van der Waals surface area contributed by atoms with Gasteiger partial charge in [-0.05, 0) is 32.9 Å². The van der Waals surface area contributed by atoms with E-state index in [1.165, 1.54) is 64.8 Å². The number of nitrogens with zero attached hydrogens (tertiary/aromatic N) is 2. The van der Waals surface area contributed by atoms with Gasteiger partial charge in [-0.1, -0.05) is 19.8 Å². The molecular weight excluding hydrogens is 210 g/mol. The SMILES string of the molecule is CCCN1CCN(C2CCCCC2NC)CC1. The van der Waals surface area contributed by atoms with Gasteiger partial charge in [0.05, 0.1) is 0 Å². The average molecular weight is 239 g/mol. The van der Waals surface area contributed by atoms with E-state index in [-0.39, 0.29) is 0 Å². The molecule has 1 saturated heterocycles. The second-order valence-electron chi connectivity index (χ2n) is 5.62. The van der Waals surface area contributed by atoms with Crippen molar-refractivity contribution in [3.63, 3.8) is 0 Å². The van der Waals surface area contributed by atoms with E-state index in [1.54, 1.807) is 0 Å². The van der Waals surface area contributed by atoms with Crippen LogP contribution in [0.3, 0.4) is 0 Å². The van der Waals surface area contributed by atoms with Crippen LogP contribution in [-0.2, 0) is 0 Å². The van der Waals surface area contributed by atoms with Crippen molar-refractivity contribution in [1.82, 2.24) is 15.1 Å². The summed E-state index contributed by atoms with van der Waals surface area (Å²) >= 11 is 0. The van der Waals surface area contributed by atoms with Crippen LogP contribution in [-0.4, -0.2) is 61.7 Å². The molecule has 2 atom stereocenters. The van der Waals surface area contributed by atoms with Crippen molar-refractivity contribution in [1.29, 1.82) is 0 Å². The van der Waals surface area contributed by atoms with Crippen molar-refractivity contribution >= 4 is 0 Å². The molecule has 1 saturated carbocycles. The van der Waals surface area contributed by atoms with Gasteiger partial charge in [-0.25, -0.2) is 0 Å². The van der Waals surface area contributed by atoms with E-state index < -0.39 is 0 Å². The summed E-state index contributed by atoms with van der Waals surface area (Å²) in [6.07, 6.45) is 6.91. The Bertz CT molecular complexity index is 212. The zero-order valence-electron chi connectivity index (χ0n) is 11.6. The molecule has 1 heterocycles. The molecule has 1 aliphatic carbocycles. The van der Waals surface area contributed by atoms with Crippen LogP contribution in [0.25, 0.3) is 0 Å². The first-order valence-electron chi connectivity index (χ1n) is 7.48. The lowest BCUT2D eigenvalue weighted by atomic mass is 9.89. The number of rotatable bonds is 4. The summed E-state index contributed by atoms with van der Waals surface area (Å²) in [5.41, 5.74) is 0. The molecule has 3 heteroatoms. The third kappa shape index (κ3) is 3.43. The molecule has 2 fully saturated rings. The highest BCUT2D eigenvalue weighted by atomic mass is 15.3. The van der Waals surface area contributed by atoms with E-state index in [4.69, 9.17) is 0 Å².